The van der Waals surface area contributed by atoms with Crippen molar-refractivity contribution in [3.8, 4) is 0 Å². The van der Waals surface area contributed by atoms with Crippen LogP contribution in [0.1, 0.15) is 39.9 Å². The zero-order valence-corrected chi connectivity index (χ0v) is 15.5. The summed E-state index contributed by atoms with van der Waals surface area (Å²) in [6.07, 6.45) is 2.15. The molecule has 3 amide bonds. The van der Waals surface area contributed by atoms with E-state index < -0.39 is 5.91 Å². The second kappa shape index (κ2) is 10.1. The molecule has 142 valence electrons. The summed E-state index contributed by atoms with van der Waals surface area (Å²) < 4.78 is 0. The van der Waals surface area contributed by atoms with Crippen LogP contribution in [-0.2, 0) is 22.6 Å². The Balaban J connectivity index is 1.70. The van der Waals surface area contributed by atoms with Gasteiger partial charge in [-0.15, -0.1) is 0 Å². The summed E-state index contributed by atoms with van der Waals surface area (Å²) in [6, 6.07) is 15.2. The van der Waals surface area contributed by atoms with Crippen molar-refractivity contribution in [1.82, 2.24) is 10.6 Å². The topological polar surface area (TPSA) is 101 Å². The number of carbonyl (C=O) groups is 3. The Bertz CT molecular complexity index is 783. The van der Waals surface area contributed by atoms with Crippen molar-refractivity contribution in [2.45, 2.75) is 32.7 Å². The summed E-state index contributed by atoms with van der Waals surface area (Å²) in [4.78, 5) is 34.4. The van der Waals surface area contributed by atoms with E-state index in [2.05, 4.69) is 41.8 Å². The van der Waals surface area contributed by atoms with Crippen LogP contribution in [0.3, 0.4) is 0 Å². The Kier molecular flexibility index (Phi) is 7.55. The third kappa shape index (κ3) is 7.32. The van der Waals surface area contributed by atoms with Gasteiger partial charge in [0.15, 0.2) is 0 Å². The molecule has 0 aliphatic carbocycles. The average Bonchev–Trinajstić information content (AvgIpc) is 2.66. The largest absolute Gasteiger partial charge is 0.368 e. The molecule has 6 nitrogen and oxygen atoms in total. The molecule has 0 heterocycles. The molecule has 27 heavy (non-hydrogen) atoms. The fourth-order valence-electron chi connectivity index (χ4n) is 2.54. The van der Waals surface area contributed by atoms with Crippen LogP contribution in [0, 0.1) is 6.92 Å². The van der Waals surface area contributed by atoms with E-state index in [1.54, 1.807) is 24.3 Å². The van der Waals surface area contributed by atoms with E-state index in [-0.39, 0.29) is 18.4 Å². The lowest BCUT2D eigenvalue weighted by Gasteiger charge is -2.07. The molecule has 0 aliphatic rings. The van der Waals surface area contributed by atoms with Gasteiger partial charge in [-0.25, -0.2) is 0 Å². The van der Waals surface area contributed by atoms with Crippen LogP contribution < -0.4 is 16.4 Å². The number of nitrogens with one attached hydrogen (secondary N) is 2. The standard InChI is InChI=1S/C21H25N3O3/c1-15-5-7-16(8-6-15)3-2-4-20(26)23-13-17-9-11-18(12-10-17)21(27)24-14-19(22)25/h5-12H,2-4,13-14H2,1H3,(H2,22,25)(H,23,26)(H,24,27). The molecule has 0 radical (unpaired) electrons. The molecule has 4 N–H and O–H groups in total. The Hall–Kier alpha value is -3.15. The number of nitrogens with two attached hydrogens (primary N) is 1. The van der Waals surface area contributed by atoms with Crippen LogP contribution in [-0.4, -0.2) is 24.3 Å². The lowest BCUT2D eigenvalue weighted by Crippen LogP contribution is -2.33. The second-order valence-electron chi connectivity index (χ2n) is 6.46. The monoisotopic (exact) mass is 367 g/mol. The van der Waals surface area contributed by atoms with E-state index >= 15 is 0 Å². The van der Waals surface area contributed by atoms with Crippen molar-refractivity contribution in [3.05, 3.63) is 70.8 Å². The molecule has 0 atom stereocenters. The van der Waals surface area contributed by atoms with Gasteiger partial charge in [0.05, 0.1) is 6.54 Å². The van der Waals surface area contributed by atoms with Gasteiger partial charge in [0.2, 0.25) is 11.8 Å². The maximum Gasteiger partial charge on any atom is 0.251 e. The van der Waals surface area contributed by atoms with Crippen LogP contribution in [0.5, 0.6) is 0 Å². The number of hydrogen-bond donors (Lipinski definition) is 3. The SMILES string of the molecule is Cc1ccc(CCCC(=O)NCc2ccc(C(=O)NCC(N)=O)cc2)cc1. The molecular formula is C21H25N3O3. The van der Waals surface area contributed by atoms with Gasteiger partial charge in [-0.3, -0.25) is 14.4 Å². The lowest BCUT2D eigenvalue weighted by molar-refractivity contribution is -0.121. The molecule has 2 aromatic carbocycles. The van der Waals surface area contributed by atoms with Crippen molar-refractivity contribution < 1.29 is 14.4 Å². The molecule has 0 aliphatic heterocycles. The summed E-state index contributed by atoms with van der Waals surface area (Å²) >= 11 is 0. The van der Waals surface area contributed by atoms with Crippen molar-refractivity contribution in [1.29, 1.82) is 0 Å². The molecular weight excluding hydrogens is 342 g/mol. The minimum Gasteiger partial charge on any atom is -0.368 e. The van der Waals surface area contributed by atoms with Gasteiger partial charge in [0, 0.05) is 18.5 Å². The molecule has 0 saturated carbocycles. The third-order valence-corrected chi connectivity index (χ3v) is 4.12. The minimum atomic E-state index is -0.593. The molecule has 6 heteroatoms. The van der Waals surface area contributed by atoms with Crippen LogP contribution in [0.25, 0.3) is 0 Å². The van der Waals surface area contributed by atoms with E-state index in [0.29, 0.717) is 18.5 Å². The van der Waals surface area contributed by atoms with Crippen molar-refractivity contribution in [3.63, 3.8) is 0 Å². The molecule has 0 aromatic heterocycles. The number of hydrogen-bond acceptors (Lipinski definition) is 3. The first kappa shape index (κ1) is 20.2. The quantitative estimate of drug-likeness (QED) is 0.630. The predicted molar refractivity (Wildman–Crippen MR) is 104 cm³/mol. The smallest absolute Gasteiger partial charge is 0.251 e. The van der Waals surface area contributed by atoms with E-state index in [9.17, 15) is 14.4 Å². The molecule has 0 unspecified atom stereocenters. The summed E-state index contributed by atoms with van der Waals surface area (Å²) in [7, 11) is 0. The lowest BCUT2D eigenvalue weighted by atomic mass is 10.1. The molecule has 0 bridgehead atoms. The average molecular weight is 367 g/mol. The first-order valence-electron chi connectivity index (χ1n) is 8.92. The Morgan fingerprint density at radius 2 is 1.52 bits per heavy atom. The van der Waals surface area contributed by atoms with Gasteiger partial charge in [-0.2, -0.15) is 0 Å². The zero-order chi connectivity index (χ0) is 19.6. The van der Waals surface area contributed by atoms with Gasteiger partial charge < -0.3 is 16.4 Å². The number of rotatable bonds is 9. The zero-order valence-electron chi connectivity index (χ0n) is 15.5. The van der Waals surface area contributed by atoms with E-state index in [1.807, 2.05) is 0 Å². The molecule has 0 fully saturated rings. The van der Waals surface area contributed by atoms with Crippen molar-refractivity contribution >= 4 is 17.7 Å². The fourth-order valence-corrected chi connectivity index (χ4v) is 2.54. The minimum absolute atomic E-state index is 0.00499. The normalized spacial score (nSPS) is 10.3. The highest BCUT2D eigenvalue weighted by atomic mass is 16.2. The highest BCUT2D eigenvalue weighted by Gasteiger charge is 2.07. The fraction of sp³-hybridized carbons (Fsp3) is 0.286. The van der Waals surface area contributed by atoms with Gasteiger partial charge in [-0.05, 0) is 43.0 Å². The maximum absolute atomic E-state index is 12.0. The number of aryl methyl sites for hydroxylation is 2. The Morgan fingerprint density at radius 3 is 2.15 bits per heavy atom. The van der Waals surface area contributed by atoms with Gasteiger partial charge in [0.1, 0.15) is 0 Å². The van der Waals surface area contributed by atoms with Gasteiger partial charge in [0.25, 0.3) is 5.91 Å². The van der Waals surface area contributed by atoms with Crippen LogP contribution in [0.4, 0.5) is 0 Å². The van der Waals surface area contributed by atoms with Crippen LogP contribution in [0.2, 0.25) is 0 Å². The number of carbonyl (C=O) groups excluding carboxylic acids is 3. The second-order valence-corrected chi connectivity index (χ2v) is 6.46. The molecule has 0 saturated heterocycles. The first-order chi connectivity index (χ1) is 12.9. The summed E-state index contributed by atoms with van der Waals surface area (Å²) in [6.45, 7) is 2.27. The maximum atomic E-state index is 12.0. The highest BCUT2D eigenvalue weighted by molar-refractivity contribution is 5.96. The van der Waals surface area contributed by atoms with Crippen LogP contribution >= 0.6 is 0 Å². The van der Waals surface area contributed by atoms with E-state index in [4.69, 9.17) is 5.73 Å². The summed E-state index contributed by atoms with van der Waals surface area (Å²) in [5.74, 6) is -0.948. The number of primary amides is 1. The molecule has 0 spiro atoms. The Morgan fingerprint density at radius 1 is 0.889 bits per heavy atom. The van der Waals surface area contributed by atoms with Gasteiger partial charge >= 0.3 is 0 Å². The number of amides is 3. The molecule has 2 aromatic rings. The predicted octanol–water partition coefficient (Wildman–Crippen LogP) is 1.85. The van der Waals surface area contributed by atoms with Crippen molar-refractivity contribution in [2.75, 3.05) is 6.54 Å². The van der Waals surface area contributed by atoms with Crippen molar-refractivity contribution in [2.24, 2.45) is 5.73 Å². The summed E-state index contributed by atoms with van der Waals surface area (Å²) in [5.41, 5.74) is 8.79. The Labute approximate surface area is 159 Å². The number of benzene rings is 2. The molecule has 2 rings (SSSR count). The highest BCUT2D eigenvalue weighted by Crippen LogP contribution is 2.08. The third-order valence-electron chi connectivity index (χ3n) is 4.12. The summed E-state index contributed by atoms with van der Waals surface area (Å²) in [5, 5.41) is 5.31. The van der Waals surface area contributed by atoms with E-state index in [1.165, 1.54) is 11.1 Å². The van der Waals surface area contributed by atoms with Crippen LogP contribution in [0.15, 0.2) is 48.5 Å². The first-order valence-corrected chi connectivity index (χ1v) is 8.92. The van der Waals surface area contributed by atoms with E-state index in [0.717, 1.165) is 18.4 Å². The van der Waals surface area contributed by atoms with Gasteiger partial charge in [-0.1, -0.05) is 42.0 Å².